The van der Waals surface area contributed by atoms with Gasteiger partial charge in [0.05, 0.1) is 0 Å². The van der Waals surface area contributed by atoms with Crippen molar-refractivity contribution in [3.05, 3.63) is 35.9 Å². The van der Waals surface area contributed by atoms with E-state index in [0.29, 0.717) is 42.2 Å². The van der Waals surface area contributed by atoms with Crippen LogP contribution in [-0.2, 0) is 11.3 Å². The molecule has 1 aromatic rings. The van der Waals surface area contributed by atoms with Crippen molar-refractivity contribution in [1.29, 1.82) is 0 Å². The van der Waals surface area contributed by atoms with Crippen molar-refractivity contribution in [2.45, 2.75) is 65.1 Å². The van der Waals surface area contributed by atoms with Crippen LogP contribution in [0.3, 0.4) is 0 Å². The van der Waals surface area contributed by atoms with E-state index in [9.17, 15) is 4.79 Å². The van der Waals surface area contributed by atoms with E-state index < -0.39 is 5.54 Å². The maximum Gasteiger partial charge on any atom is 0.242 e. The van der Waals surface area contributed by atoms with E-state index in [2.05, 4.69) is 55.4 Å². The minimum Gasteiger partial charge on any atom is -0.350 e. The first-order chi connectivity index (χ1) is 13.9. The number of amides is 1. The summed E-state index contributed by atoms with van der Waals surface area (Å²) in [6.45, 7) is 13.1. The molecule has 4 nitrogen and oxygen atoms in total. The van der Waals surface area contributed by atoms with E-state index in [1.165, 1.54) is 18.4 Å². The number of nitrogens with one attached hydrogen (secondary N) is 2. The molecule has 3 saturated heterocycles. The van der Waals surface area contributed by atoms with Gasteiger partial charge < -0.3 is 10.6 Å². The molecule has 4 aliphatic rings. The molecule has 1 amide bonds. The van der Waals surface area contributed by atoms with Crippen LogP contribution >= 0.6 is 0 Å². The van der Waals surface area contributed by atoms with Crippen molar-refractivity contribution in [2.24, 2.45) is 29.6 Å². The standard InChI is InChI=1S/C25H39N3O/c1-17(2)12-22-20-13-21-10-11-28(16-18(3)4)23(22)25(21,27-15-20)24(29)26-14-19-8-6-5-7-9-19/h5-9,17-18,20-23,27H,10-16H2,1-4H3,(H,26,29)/t20?,21-,22-,23+,25+/m1/s1. The lowest BCUT2D eigenvalue weighted by atomic mass is 9.52. The predicted molar refractivity (Wildman–Crippen MR) is 118 cm³/mol. The maximum absolute atomic E-state index is 13.8. The summed E-state index contributed by atoms with van der Waals surface area (Å²) in [4.78, 5) is 16.5. The third-order valence-corrected chi connectivity index (χ3v) is 7.54. The Morgan fingerprint density at radius 3 is 2.66 bits per heavy atom. The molecular weight excluding hydrogens is 358 g/mol. The molecule has 4 bridgehead atoms. The Kier molecular flexibility index (Phi) is 6.04. The maximum atomic E-state index is 13.8. The number of rotatable bonds is 7. The van der Waals surface area contributed by atoms with E-state index >= 15 is 0 Å². The fourth-order valence-corrected chi connectivity index (χ4v) is 6.58. The highest BCUT2D eigenvalue weighted by atomic mass is 16.2. The molecule has 0 spiro atoms. The molecule has 4 heteroatoms. The highest BCUT2D eigenvalue weighted by Gasteiger charge is 2.65. The van der Waals surface area contributed by atoms with Gasteiger partial charge in [-0.3, -0.25) is 9.69 Å². The van der Waals surface area contributed by atoms with Gasteiger partial charge in [0, 0.05) is 19.1 Å². The minimum absolute atomic E-state index is 0.233. The lowest BCUT2D eigenvalue weighted by Gasteiger charge is -2.65. The van der Waals surface area contributed by atoms with E-state index in [4.69, 9.17) is 0 Å². The Balaban J connectivity index is 1.63. The molecule has 29 heavy (non-hydrogen) atoms. The molecule has 1 saturated carbocycles. The lowest BCUT2D eigenvalue weighted by Crippen LogP contribution is -2.82. The first-order valence-corrected chi connectivity index (χ1v) is 11.7. The highest BCUT2D eigenvalue weighted by molar-refractivity contribution is 5.88. The molecule has 0 aromatic heterocycles. The van der Waals surface area contributed by atoms with Gasteiger partial charge in [-0.2, -0.15) is 0 Å². The van der Waals surface area contributed by atoms with Gasteiger partial charge in [0.2, 0.25) is 5.91 Å². The highest BCUT2D eigenvalue weighted by Crippen LogP contribution is 2.53. The molecule has 1 aliphatic carbocycles. The first-order valence-electron chi connectivity index (χ1n) is 11.7. The van der Waals surface area contributed by atoms with E-state index in [-0.39, 0.29) is 5.91 Å². The number of piperidine rings is 3. The molecule has 5 atom stereocenters. The molecule has 3 heterocycles. The monoisotopic (exact) mass is 397 g/mol. The van der Waals surface area contributed by atoms with Crippen LogP contribution in [0.4, 0.5) is 0 Å². The van der Waals surface area contributed by atoms with E-state index in [0.717, 1.165) is 26.1 Å². The van der Waals surface area contributed by atoms with Gasteiger partial charge in [0.25, 0.3) is 0 Å². The van der Waals surface area contributed by atoms with Gasteiger partial charge in [-0.25, -0.2) is 0 Å². The van der Waals surface area contributed by atoms with Crippen LogP contribution < -0.4 is 10.6 Å². The summed E-state index contributed by atoms with van der Waals surface area (Å²) in [5.74, 6) is 3.33. The average Bonchev–Trinajstić information content (AvgIpc) is 2.70. The van der Waals surface area contributed by atoms with Crippen LogP contribution in [0.5, 0.6) is 0 Å². The summed E-state index contributed by atoms with van der Waals surface area (Å²) in [5, 5.41) is 7.16. The quantitative estimate of drug-likeness (QED) is 0.738. The zero-order chi connectivity index (χ0) is 20.6. The van der Waals surface area contributed by atoms with Crippen LogP contribution in [0.2, 0.25) is 0 Å². The number of benzene rings is 1. The summed E-state index contributed by atoms with van der Waals surface area (Å²) >= 11 is 0. The lowest BCUT2D eigenvalue weighted by molar-refractivity contribution is -0.162. The largest absolute Gasteiger partial charge is 0.350 e. The smallest absolute Gasteiger partial charge is 0.242 e. The van der Waals surface area contributed by atoms with Crippen molar-refractivity contribution in [3.8, 4) is 0 Å². The second-order valence-electron chi connectivity index (χ2n) is 10.5. The molecule has 1 aromatic carbocycles. The fraction of sp³-hybridized carbons (Fsp3) is 0.720. The van der Waals surface area contributed by atoms with E-state index in [1.54, 1.807) is 0 Å². The van der Waals surface area contributed by atoms with E-state index in [1.807, 2.05) is 18.2 Å². The molecule has 3 aliphatic heterocycles. The third-order valence-electron chi connectivity index (χ3n) is 7.54. The number of fused-ring (bicyclic) bond motifs is 1. The van der Waals surface area contributed by atoms with Crippen LogP contribution in [0.1, 0.15) is 52.5 Å². The molecule has 5 rings (SSSR count). The Bertz CT molecular complexity index is 703. The molecule has 1 unspecified atom stereocenters. The fourth-order valence-electron chi connectivity index (χ4n) is 6.58. The summed E-state index contributed by atoms with van der Waals surface area (Å²) in [7, 11) is 0. The Labute approximate surface area is 176 Å². The number of nitrogens with zero attached hydrogens (tertiary/aromatic N) is 1. The van der Waals surface area contributed by atoms with Crippen molar-refractivity contribution >= 4 is 5.91 Å². The second-order valence-corrected chi connectivity index (χ2v) is 10.5. The van der Waals surface area contributed by atoms with Crippen molar-refractivity contribution in [2.75, 3.05) is 19.6 Å². The molecule has 4 fully saturated rings. The van der Waals surface area contributed by atoms with Crippen LogP contribution in [0.15, 0.2) is 30.3 Å². The number of hydrogen-bond donors (Lipinski definition) is 2. The molecular formula is C25H39N3O. The van der Waals surface area contributed by atoms with Crippen LogP contribution in [0.25, 0.3) is 0 Å². The Morgan fingerprint density at radius 1 is 1.21 bits per heavy atom. The minimum atomic E-state index is -0.420. The van der Waals surface area contributed by atoms with Crippen molar-refractivity contribution < 1.29 is 4.79 Å². The summed E-state index contributed by atoms with van der Waals surface area (Å²) in [6.07, 6.45) is 3.58. The summed E-state index contributed by atoms with van der Waals surface area (Å²) in [5.41, 5.74) is 0.751. The SMILES string of the molecule is CC(C)C[C@@H]1C2CN[C@@]3(C(=O)NCc4ccccc4)[C@H](CCN(CC(C)C)[C@@H]13)C2. The number of carbonyl (C=O) groups excluding carboxylic acids is 1. The Hall–Kier alpha value is -1.39. The normalized spacial score (nSPS) is 34.0. The van der Waals surface area contributed by atoms with Crippen molar-refractivity contribution in [1.82, 2.24) is 15.5 Å². The third kappa shape index (κ3) is 3.86. The average molecular weight is 398 g/mol. The second kappa shape index (κ2) is 8.39. The zero-order valence-electron chi connectivity index (χ0n) is 18.7. The number of hydrogen-bond acceptors (Lipinski definition) is 3. The van der Waals surface area contributed by atoms with Gasteiger partial charge in [0.15, 0.2) is 0 Å². The van der Waals surface area contributed by atoms with Crippen molar-refractivity contribution in [3.63, 3.8) is 0 Å². The first kappa shape index (κ1) is 20.9. The number of carbonyl (C=O) groups is 1. The Morgan fingerprint density at radius 2 is 1.97 bits per heavy atom. The van der Waals surface area contributed by atoms with Gasteiger partial charge in [-0.15, -0.1) is 0 Å². The van der Waals surface area contributed by atoms with Crippen LogP contribution in [0, 0.1) is 29.6 Å². The molecule has 160 valence electrons. The van der Waals surface area contributed by atoms with Crippen LogP contribution in [-0.4, -0.2) is 42.0 Å². The molecule has 2 N–H and O–H groups in total. The molecule has 0 radical (unpaired) electrons. The predicted octanol–water partition coefficient (Wildman–Crippen LogP) is 3.67. The summed E-state index contributed by atoms with van der Waals surface area (Å²) < 4.78 is 0. The number of likely N-dealkylation sites (tertiary alicyclic amines) is 1. The van der Waals surface area contributed by atoms with Gasteiger partial charge in [-0.1, -0.05) is 58.0 Å². The summed E-state index contributed by atoms with van der Waals surface area (Å²) in [6, 6.07) is 10.6. The zero-order valence-corrected chi connectivity index (χ0v) is 18.7. The van der Waals surface area contributed by atoms with Gasteiger partial charge in [0.1, 0.15) is 5.54 Å². The van der Waals surface area contributed by atoms with Gasteiger partial charge >= 0.3 is 0 Å². The van der Waals surface area contributed by atoms with Gasteiger partial charge in [-0.05, 0) is 67.5 Å². The topological polar surface area (TPSA) is 44.4 Å².